The fraction of sp³-hybridized carbons (Fsp3) is 0.500. The minimum absolute atomic E-state index is 0.128. The molecule has 1 unspecified atom stereocenters. The van der Waals surface area contributed by atoms with E-state index in [2.05, 4.69) is 25.1 Å². The summed E-state index contributed by atoms with van der Waals surface area (Å²) in [6, 6.07) is 0. The highest BCUT2D eigenvalue weighted by atomic mass is 16.5. The topological polar surface area (TPSA) is 127 Å². The van der Waals surface area contributed by atoms with E-state index in [9.17, 15) is 4.79 Å². The molecule has 1 aromatic heterocycles. The lowest BCUT2D eigenvalue weighted by atomic mass is 10.1. The highest BCUT2D eigenvalue weighted by molar-refractivity contribution is 6.01. The average Bonchev–Trinajstić information content (AvgIpc) is 2.79. The van der Waals surface area contributed by atoms with Gasteiger partial charge in [-0.1, -0.05) is 10.3 Å². The van der Waals surface area contributed by atoms with Gasteiger partial charge in [-0.3, -0.25) is 4.79 Å². The van der Waals surface area contributed by atoms with E-state index in [1.807, 2.05) is 0 Å². The van der Waals surface area contributed by atoms with Gasteiger partial charge < -0.3 is 20.8 Å². The number of hydrogen-bond donors (Lipinski definition) is 3. The summed E-state index contributed by atoms with van der Waals surface area (Å²) < 4.78 is 4.53. The van der Waals surface area contributed by atoms with E-state index in [1.54, 1.807) is 6.92 Å². The number of amidine groups is 1. The Kier molecular flexibility index (Phi) is 4.25. The molecule has 0 aliphatic heterocycles. The summed E-state index contributed by atoms with van der Waals surface area (Å²) in [6.45, 7) is 1.90. The van der Waals surface area contributed by atoms with Crippen LogP contribution in [0.1, 0.15) is 12.7 Å². The third-order valence-electron chi connectivity index (χ3n) is 2.01. The average molecular weight is 227 g/mol. The van der Waals surface area contributed by atoms with Crippen molar-refractivity contribution in [3.63, 3.8) is 0 Å². The SMILES string of the molecule is CC(C(=O)NCCc1ncon1)C(N)=NO. The Morgan fingerprint density at radius 3 is 3.12 bits per heavy atom. The first kappa shape index (κ1) is 12.0. The smallest absolute Gasteiger partial charge is 0.230 e. The lowest BCUT2D eigenvalue weighted by Crippen LogP contribution is -2.38. The zero-order chi connectivity index (χ0) is 12.0. The number of carbonyl (C=O) groups excluding carboxylic acids is 1. The second-order valence-corrected chi connectivity index (χ2v) is 3.14. The molecular formula is C8H13N5O3. The molecule has 0 aromatic carbocycles. The van der Waals surface area contributed by atoms with E-state index < -0.39 is 5.92 Å². The highest BCUT2D eigenvalue weighted by Crippen LogP contribution is 1.95. The van der Waals surface area contributed by atoms with Crippen LogP contribution in [0.25, 0.3) is 0 Å². The van der Waals surface area contributed by atoms with Gasteiger partial charge >= 0.3 is 0 Å². The summed E-state index contributed by atoms with van der Waals surface area (Å²) in [7, 11) is 0. The first-order chi connectivity index (χ1) is 7.65. The third-order valence-corrected chi connectivity index (χ3v) is 2.01. The van der Waals surface area contributed by atoms with E-state index in [-0.39, 0.29) is 11.7 Å². The molecule has 16 heavy (non-hydrogen) atoms. The van der Waals surface area contributed by atoms with Crippen LogP contribution in [-0.4, -0.2) is 33.6 Å². The number of carbonyl (C=O) groups is 1. The Hall–Kier alpha value is -2.12. The Bertz CT molecular complexity index is 362. The van der Waals surface area contributed by atoms with Gasteiger partial charge in [0.05, 0.1) is 5.92 Å². The summed E-state index contributed by atoms with van der Waals surface area (Å²) in [6.07, 6.45) is 1.68. The van der Waals surface area contributed by atoms with Gasteiger partial charge in [0, 0.05) is 13.0 Å². The Balaban J connectivity index is 2.30. The van der Waals surface area contributed by atoms with Gasteiger partial charge in [-0.05, 0) is 6.92 Å². The summed E-state index contributed by atoms with van der Waals surface area (Å²) in [5.74, 6) is -0.608. The second-order valence-electron chi connectivity index (χ2n) is 3.14. The van der Waals surface area contributed by atoms with Crippen LogP contribution in [0.4, 0.5) is 0 Å². The third kappa shape index (κ3) is 3.23. The molecule has 0 aliphatic rings. The van der Waals surface area contributed by atoms with Crippen LogP contribution in [0.5, 0.6) is 0 Å². The fourth-order valence-electron chi connectivity index (χ4n) is 0.974. The van der Waals surface area contributed by atoms with Gasteiger partial charge in [-0.15, -0.1) is 0 Å². The lowest BCUT2D eigenvalue weighted by molar-refractivity contribution is -0.122. The quantitative estimate of drug-likeness (QED) is 0.259. The molecule has 0 bridgehead atoms. The van der Waals surface area contributed by atoms with Crippen LogP contribution in [-0.2, 0) is 11.2 Å². The van der Waals surface area contributed by atoms with Crippen LogP contribution >= 0.6 is 0 Å². The number of aromatic nitrogens is 2. The van der Waals surface area contributed by atoms with Crippen molar-refractivity contribution in [2.24, 2.45) is 16.8 Å². The maximum atomic E-state index is 11.4. The van der Waals surface area contributed by atoms with Gasteiger partial charge in [0.1, 0.15) is 0 Å². The molecule has 8 nitrogen and oxygen atoms in total. The van der Waals surface area contributed by atoms with Gasteiger partial charge in [0.2, 0.25) is 12.3 Å². The van der Waals surface area contributed by atoms with Crippen molar-refractivity contribution in [3.05, 3.63) is 12.2 Å². The van der Waals surface area contributed by atoms with Crippen LogP contribution in [0.2, 0.25) is 0 Å². The Labute approximate surface area is 91.5 Å². The summed E-state index contributed by atoms with van der Waals surface area (Å²) in [4.78, 5) is 15.2. The fourth-order valence-corrected chi connectivity index (χ4v) is 0.974. The zero-order valence-electron chi connectivity index (χ0n) is 8.75. The highest BCUT2D eigenvalue weighted by Gasteiger charge is 2.16. The molecule has 0 saturated heterocycles. The number of hydrogen-bond acceptors (Lipinski definition) is 6. The van der Waals surface area contributed by atoms with Crippen molar-refractivity contribution in [2.75, 3.05) is 6.54 Å². The molecule has 0 saturated carbocycles. The maximum absolute atomic E-state index is 11.4. The lowest BCUT2D eigenvalue weighted by Gasteiger charge is -2.09. The van der Waals surface area contributed by atoms with E-state index in [4.69, 9.17) is 10.9 Å². The van der Waals surface area contributed by atoms with Crippen molar-refractivity contribution in [1.29, 1.82) is 0 Å². The van der Waals surface area contributed by atoms with Gasteiger partial charge in [-0.2, -0.15) is 4.98 Å². The first-order valence-corrected chi connectivity index (χ1v) is 4.65. The number of oxime groups is 1. The molecule has 1 aromatic rings. The van der Waals surface area contributed by atoms with Crippen LogP contribution in [0.3, 0.4) is 0 Å². The normalized spacial score (nSPS) is 13.4. The minimum Gasteiger partial charge on any atom is -0.409 e. The molecule has 0 aliphatic carbocycles. The largest absolute Gasteiger partial charge is 0.409 e. The van der Waals surface area contributed by atoms with Gasteiger partial charge in [0.15, 0.2) is 11.7 Å². The van der Waals surface area contributed by atoms with E-state index in [1.165, 1.54) is 6.39 Å². The van der Waals surface area contributed by atoms with Crippen molar-refractivity contribution < 1.29 is 14.5 Å². The molecule has 88 valence electrons. The molecular weight excluding hydrogens is 214 g/mol. The zero-order valence-corrected chi connectivity index (χ0v) is 8.75. The molecule has 4 N–H and O–H groups in total. The number of nitrogens with two attached hydrogens (primary N) is 1. The number of nitrogens with one attached hydrogen (secondary N) is 1. The van der Waals surface area contributed by atoms with Crippen molar-refractivity contribution in [1.82, 2.24) is 15.5 Å². The van der Waals surface area contributed by atoms with Crippen LogP contribution in [0.15, 0.2) is 16.1 Å². The Morgan fingerprint density at radius 1 is 1.81 bits per heavy atom. The molecule has 1 amide bonds. The number of amides is 1. The van der Waals surface area contributed by atoms with E-state index in [0.717, 1.165) is 0 Å². The van der Waals surface area contributed by atoms with Crippen LogP contribution in [0, 0.1) is 5.92 Å². The van der Waals surface area contributed by atoms with Crippen molar-refractivity contribution >= 4 is 11.7 Å². The standard InChI is InChI=1S/C8H13N5O3/c1-5(7(9)12-15)8(14)10-3-2-6-11-4-16-13-6/h4-5,15H,2-3H2,1H3,(H2,9,12)(H,10,14). The molecule has 1 atom stereocenters. The minimum atomic E-state index is -0.671. The number of rotatable bonds is 5. The van der Waals surface area contributed by atoms with Gasteiger partial charge in [-0.25, -0.2) is 0 Å². The predicted octanol–water partition coefficient (Wildman–Crippen LogP) is -0.889. The molecule has 0 spiro atoms. The van der Waals surface area contributed by atoms with Gasteiger partial charge in [0.25, 0.3) is 0 Å². The van der Waals surface area contributed by atoms with Crippen molar-refractivity contribution in [3.8, 4) is 0 Å². The monoisotopic (exact) mass is 227 g/mol. The molecule has 0 radical (unpaired) electrons. The summed E-state index contributed by atoms with van der Waals surface area (Å²) in [5, 5.41) is 17.3. The predicted molar refractivity (Wildman–Crippen MR) is 53.6 cm³/mol. The van der Waals surface area contributed by atoms with Crippen molar-refractivity contribution in [2.45, 2.75) is 13.3 Å². The molecule has 8 heteroatoms. The number of nitrogens with zero attached hydrogens (tertiary/aromatic N) is 3. The van der Waals surface area contributed by atoms with E-state index >= 15 is 0 Å². The maximum Gasteiger partial charge on any atom is 0.230 e. The second kappa shape index (κ2) is 5.69. The summed E-state index contributed by atoms with van der Waals surface area (Å²) in [5.41, 5.74) is 5.28. The summed E-state index contributed by atoms with van der Waals surface area (Å²) >= 11 is 0. The Morgan fingerprint density at radius 2 is 2.56 bits per heavy atom. The molecule has 1 heterocycles. The first-order valence-electron chi connectivity index (χ1n) is 4.65. The molecule has 1 rings (SSSR count). The van der Waals surface area contributed by atoms with E-state index in [0.29, 0.717) is 18.8 Å². The van der Waals surface area contributed by atoms with Crippen LogP contribution < -0.4 is 11.1 Å². The molecule has 0 fully saturated rings.